The van der Waals surface area contributed by atoms with Crippen LogP contribution >= 0.6 is 24.0 Å². The lowest BCUT2D eigenvalue weighted by Gasteiger charge is -2.50. The smallest absolute Gasteiger partial charge is 0.225 e. The molecule has 118 valence electrons. The van der Waals surface area contributed by atoms with E-state index in [-0.39, 0.29) is 11.4 Å². The van der Waals surface area contributed by atoms with Crippen molar-refractivity contribution >= 4 is 34.3 Å². The standard InChI is InChI=1S/C16H25NO2S2/c1-16(2,3)17-13(10-14(17)18)12(11-7-8-11)6-5-9-21-15(20)19-4/h6,11,13H,5,7-10H2,1-4H3/b12-6+. The second-order valence-electron chi connectivity index (χ2n) is 6.72. The van der Waals surface area contributed by atoms with E-state index in [4.69, 9.17) is 17.0 Å². The first-order chi connectivity index (χ1) is 9.84. The van der Waals surface area contributed by atoms with Crippen LogP contribution < -0.4 is 0 Å². The Morgan fingerprint density at radius 1 is 1.48 bits per heavy atom. The Balaban J connectivity index is 1.96. The average Bonchev–Trinajstić information content (AvgIpc) is 3.18. The van der Waals surface area contributed by atoms with Crippen LogP contribution in [0.3, 0.4) is 0 Å². The molecule has 2 fully saturated rings. The third kappa shape index (κ3) is 4.22. The van der Waals surface area contributed by atoms with Crippen LogP contribution in [0.5, 0.6) is 0 Å². The van der Waals surface area contributed by atoms with Gasteiger partial charge in [-0.2, -0.15) is 0 Å². The molecule has 0 aromatic rings. The van der Waals surface area contributed by atoms with Crippen LogP contribution in [0.1, 0.15) is 46.5 Å². The van der Waals surface area contributed by atoms with Crippen molar-refractivity contribution in [2.75, 3.05) is 12.9 Å². The van der Waals surface area contributed by atoms with Crippen molar-refractivity contribution < 1.29 is 9.53 Å². The molecular weight excluding hydrogens is 302 g/mol. The predicted octanol–water partition coefficient (Wildman–Crippen LogP) is 3.78. The van der Waals surface area contributed by atoms with Crippen LogP contribution in [0, 0.1) is 5.92 Å². The van der Waals surface area contributed by atoms with Crippen LogP contribution in [-0.2, 0) is 9.53 Å². The summed E-state index contributed by atoms with van der Waals surface area (Å²) >= 11 is 6.61. The van der Waals surface area contributed by atoms with Crippen LogP contribution in [0.2, 0.25) is 0 Å². The van der Waals surface area contributed by atoms with E-state index in [0.29, 0.717) is 22.8 Å². The average molecular weight is 328 g/mol. The van der Waals surface area contributed by atoms with Crippen LogP contribution in [0.25, 0.3) is 0 Å². The van der Waals surface area contributed by atoms with E-state index in [0.717, 1.165) is 12.2 Å². The number of ether oxygens (including phenoxy) is 1. The number of likely N-dealkylation sites (tertiary alicyclic amines) is 1. The summed E-state index contributed by atoms with van der Waals surface area (Å²) in [6, 6.07) is 0.323. The van der Waals surface area contributed by atoms with Gasteiger partial charge in [-0.3, -0.25) is 4.79 Å². The quantitative estimate of drug-likeness (QED) is 0.333. The molecule has 0 bridgehead atoms. The second-order valence-corrected chi connectivity index (χ2v) is 8.42. The number of allylic oxidation sites excluding steroid dienone is 1. The Labute approximate surface area is 137 Å². The highest BCUT2D eigenvalue weighted by atomic mass is 32.2. The lowest BCUT2D eigenvalue weighted by atomic mass is 9.85. The fraction of sp³-hybridized carbons (Fsp3) is 0.750. The molecule has 2 rings (SSSR count). The molecule has 0 radical (unpaired) electrons. The zero-order valence-electron chi connectivity index (χ0n) is 13.3. The highest BCUT2D eigenvalue weighted by Gasteiger charge is 2.47. The lowest BCUT2D eigenvalue weighted by molar-refractivity contribution is -0.151. The molecule has 1 amide bonds. The van der Waals surface area contributed by atoms with Crippen molar-refractivity contribution in [3.05, 3.63) is 11.6 Å². The molecule has 0 aromatic carbocycles. The zero-order chi connectivity index (χ0) is 15.6. The molecule has 1 heterocycles. The fourth-order valence-corrected chi connectivity index (χ4v) is 3.71. The highest BCUT2D eigenvalue weighted by molar-refractivity contribution is 8.22. The zero-order valence-corrected chi connectivity index (χ0v) is 15.0. The van der Waals surface area contributed by atoms with E-state index < -0.39 is 0 Å². The van der Waals surface area contributed by atoms with E-state index in [9.17, 15) is 4.79 Å². The molecule has 0 N–H and O–H groups in total. The van der Waals surface area contributed by atoms with Crippen molar-refractivity contribution in [1.82, 2.24) is 4.90 Å². The number of carbonyl (C=O) groups excluding carboxylic acids is 1. The number of β-lactam (4-membered cyclic amide) rings is 1. The van der Waals surface area contributed by atoms with Crippen LogP contribution in [0.4, 0.5) is 0 Å². The molecule has 2 aliphatic rings. The number of carbonyl (C=O) groups is 1. The summed E-state index contributed by atoms with van der Waals surface area (Å²) in [5.74, 6) is 1.93. The minimum absolute atomic E-state index is 0.0830. The van der Waals surface area contributed by atoms with Gasteiger partial charge in [-0.05, 0) is 63.7 Å². The maximum Gasteiger partial charge on any atom is 0.225 e. The van der Waals surface area contributed by atoms with E-state index in [2.05, 4.69) is 31.7 Å². The molecule has 1 saturated heterocycles. The van der Waals surface area contributed by atoms with Crippen molar-refractivity contribution in [2.45, 2.75) is 58.0 Å². The highest BCUT2D eigenvalue weighted by Crippen LogP contribution is 2.45. The fourth-order valence-electron chi connectivity index (χ4n) is 2.94. The number of nitrogens with zero attached hydrogens (tertiary/aromatic N) is 1. The van der Waals surface area contributed by atoms with Gasteiger partial charge in [-0.25, -0.2) is 0 Å². The normalized spacial score (nSPS) is 23.0. The molecule has 5 heteroatoms. The SMILES string of the molecule is COC(=S)SCC/C=C(\C1CC1)C1CC(=O)N1C(C)(C)C. The molecule has 1 saturated carbocycles. The van der Waals surface area contributed by atoms with Crippen molar-refractivity contribution in [3.8, 4) is 0 Å². The predicted molar refractivity (Wildman–Crippen MR) is 92.5 cm³/mol. The van der Waals surface area contributed by atoms with Gasteiger partial charge >= 0.3 is 0 Å². The van der Waals surface area contributed by atoms with Crippen LogP contribution in [-0.4, -0.2) is 39.6 Å². The Morgan fingerprint density at radius 2 is 2.14 bits per heavy atom. The largest absolute Gasteiger partial charge is 0.482 e. The molecule has 0 aromatic heterocycles. The Morgan fingerprint density at radius 3 is 2.62 bits per heavy atom. The van der Waals surface area contributed by atoms with E-state index in [1.165, 1.54) is 18.4 Å². The molecule has 3 nitrogen and oxygen atoms in total. The molecular formula is C16H25NO2S2. The minimum Gasteiger partial charge on any atom is -0.482 e. The van der Waals surface area contributed by atoms with Gasteiger partial charge in [-0.15, -0.1) is 0 Å². The summed E-state index contributed by atoms with van der Waals surface area (Å²) in [6.07, 6.45) is 6.57. The van der Waals surface area contributed by atoms with Gasteiger partial charge in [0.1, 0.15) is 0 Å². The van der Waals surface area contributed by atoms with Gasteiger partial charge in [0.15, 0.2) is 0 Å². The number of thiocarbonyl (C=S) groups is 1. The summed E-state index contributed by atoms with van der Waals surface area (Å²) in [5.41, 5.74) is 1.40. The van der Waals surface area contributed by atoms with Crippen molar-refractivity contribution in [3.63, 3.8) is 0 Å². The third-order valence-electron chi connectivity index (χ3n) is 3.99. The lowest BCUT2D eigenvalue weighted by Crippen LogP contribution is -2.61. The number of amides is 1. The van der Waals surface area contributed by atoms with Gasteiger partial charge in [0.05, 0.1) is 19.6 Å². The molecule has 0 spiro atoms. The Bertz CT molecular complexity index is 450. The first kappa shape index (κ1) is 16.8. The van der Waals surface area contributed by atoms with E-state index in [1.807, 2.05) is 0 Å². The van der Waals surface area contributed by atoms with Gasteiger partial charge in [0, 0.05) is 11.3 Å². The summed E-state index contributed by atoms with van der Waals surface area (Å²) < 4.78 is 5.60. The summed E-state index contributed by atoms with van der Waals surface area (Å²) in [4.78, 5) is 14.0. The summed E-state index contributed by atoms with van der Waals surface area (Å²) in [7, 11) is 1.61. The summed E-state index contributed by atoms with van der Waals surface area (Å²) in [6.45, 7) is 6.36. The van der Waals surface area contributed by atoms with Crippen molar-refractivity contribution in [2.24, 2.45) is 5.92 Å². The number of rotatable bonds is 5. The van der Waals surface area contributed by atoms with E-state index >= 15 is 0 Å². The third-order valence-corrected chi connectivity index (χ3v) is 5.35. The molecule has 1 aliphatic heterocycles. The van der Waals surface area contributed by atoms with Crippen molar-refractivity contribution in [1.29, 1.82) is 0 Å². The maximum absolute atomic E-state index is 12.0. The number of hydrogen-bond acceptors (Lipinski definition) is 4. The van der Waals surface area contributed by atoms with Crippen LogP contribution in [0.15, 0.2) is 11.6 Å². The van der Waals surface area contributed by atoms with Gasteiger partial charge in [-0.1, -0.05) is 17.8 Å². The minimum atomic E-state index is -0.0830. The first-order valence-electron chi connectivity index (χ1n) is 7.57. The number of hydrogen-bond donors (Lipinski definition) is 0. The second kappa shape index (κ2) is 6.69. The topological polar surface area (TPSA) is 29.5 Å². The monoisotopic (exact) mass is 327 g/mol. The molecule has 1 atom stereocenters. The van der Waals surface area contributed by atoms with Gasteiger partial charge in [0.25, 0.3) is 0 Å². The number of thioether (sulfide) groups is 1. The van der Waals surface area contributed by atoms with Gasteiger partial charge < -0.3 is 9.64 Å². The Hall–Kier alpha value is -0.550. The maximum atomic E-state index is 12.0. The molecule has 1 unspecified atom stereocenters. The molecule has 1 aliphatic carbocycles. The first-order valence-corrected chi connectivity index (χ1v) is 8.97. The van der Waals surface area contributed by atoms with Gasteiger partial charge in [0.2, 0.25) is 10.3 Å². The molecule has 21 heavy (non-hydrogen) atoms. The Kier molecular flexibility index (Phi) is 5.36. The number of methoxy groups -OCH3 is 1. The summed E-state index contributed by atoms with van der Waals surface area (Å²) in [5, 5.41) is 0. The van der Waals surface area contributed by atoms with E-state index in [1.54, 1.807) is 18.9 Å².